The summed E-state index contributed by atoms with van der Waals surface area (Å²) in [6, 6.07) is 0. The average Bonchev–Trinajstić information content (AvgIpc) is 2.53. The summed E-state index contributed by atoms with van der Waals surface area (Å²) in [5.41, 5.74) is 0. The average molecular weight is 219 g/mol. The maximum atomic E-state index is 11.6. The third-order valence-electron chi connectivity index (χ3n) is 1.72. The summed E-state index contributed by atoms with van der Waals surface area (Å²) < 4.78 is 25.6. The van der Waals surface area contributed by atoms with Crippen LogP contribution in [-0.2, 0) is 16.6 Å². The Morgan fingerprint density at radius 3 is 2.71 bits per heavy atom. The molecule has 1 heterocycles. The van der Waals surface area contributed by atoms with Gasteiger partial charge in [0, 0.05) is 20.3 Å². The summed E-state index contributed by atoms with van der Waals surface area (Å²) in [6.45, 7) is 0.228. The largest absolute Gasteiger partial charge is 0.394 e. The maximum absolute atomic E-state index is 11.6. The van der Waals surface area contributed by atoms with Crippen LogP contribution < -0.4 is 0 Å². The van der Waals surface area contributed by atoms with Crippen molar-refractivity contribution in [2.24, 2.45) is 0 Å². The Labute approximate surface area is 82.8 Å². The lowest BCUT2D eigenvalue weighted by Gasteiger charge is -2.08. The minimum Gasteiger partial charge on any atom is -0.394 e. The van der Waals surface area contributed by atoms with Crippen LogP contribution in [0.3, 0.4) is 0 Å². The molecule has 1 aromatic heterocycles. The Bertz CT molecular complexity index is 396. The van der Waals surface area contributed by atoms with Crippen LogP contribution in [0.1, 0.15) is 0 Å². The zero-order chi connectivity index (χ0) is 10.8. The van der Waals surface area contributed by atoms with Crippen LogP contribution in [0.15, 0.2) is 17.3 Å². The number of aromatic nitrogens is 2. The van der Waals surface area contributed by atoms with E-state index in [0.717, 1.165) is 4.31 Å². The van der Waals surface area contributed by atoms with Crippen LogP contribution in [0.5, 0.6) is 0 Å². The van der Waals surface area contributed by atoms with Crippen molar-refractivity contribution in [2.45, 2.75) is 11.4 Å². The van der Waals surface area contributed by atoms with E-state index in [2.05, 4.69) is 5.10 Å². The van der Waals surface area contributed by atoms with Gasteiger partial charge in [0.2, 0.25) is 10.0 Å². The fraction of sp³-hybridized carbons (Fsp3) is 0.571. The van der Waals surface area contributed by atoms with E-state index < -0.39 is 10.0 Å². The topological polar surface area (TPSA) is 75.4 Å². The molecule has 0 spiro atoms. The molecule has 7 heteroatoms. The van der Waals surface area contributed by atoms with Gasteiger partial charge < -0.3 is 5.11 Å². The van der Waals surface area contributed by atoms with E-state index >= 15 is 0 Å². The molecule has 0 aliphatic heterocycles. The monoisotopic (exact) mass is 219 g/mol. The Balaban J connectivity index is 2.98. The van der Waals surface area contributed by atoms with Gasteiger partial charge in [0.1, 0.15) is 4.90 Å². The van der Waals surface area contributed by atoms with Crippen molar-refractivity contribution in [1.82, 2.24) is 14.1 Å². The lowest BCUT2D eigenvalue weighted by Crippen LogP contribution is -2.21. The smallest absolute Gasteiger partial charge is 0.245 e. The van der Waals surface area contributed by atoms with Crippen LogP contribution in [0.2, 0.25) is 0 Å². The molecule has 1 rings (SSSR count). The van der Waals surface area contributed by atoms with Crippen molar-refractivity contribution in [1.29, 1.82) is 0 Å². The molecule has 14 heavy (non-hydrogen) atoms. The number of hydrogen-bond donors (Lipinski definition) is 1. The second kappa shape index (κ2) is 4.07. The fourth-order valence-corrected chi connectivity index (χ4v) is 1.77. The molecule has 0 amide bonds. The first kappa shape index (κ1) is 11.2. The van der Waals surface area contributed by atoms with Gasteiger partial charge in [0.05, 0.1) is 19.3 Å². The Morgan fingerprint density at radius 1 is 1.57 bits per heavy atom. The minimum absolute atomic E-state index is 0.0663. The first-order valence-electron chi connectivity index (χ1n) is 4.04. The summed E-state index contributed by atoms with van der Waals surface area (Å²) in [6.07, 6.45) is 2.66. The third-order valence-corrected chi connectivity index (χ3v) is 3.49. The summed E-state index contributed by atoms with van der Waals surface area (Å²) in [5, 5.41) is 12.4. The molecule has 80 valence electrons. The lowest BCUT2D eigenvalue weighted by molar-refractivity contribution is 0.269. The molecule has 0 aromatic carbocycles. The number of sulfonamides is 1. The van der Waals surface area contributed by atoms with Crippen molar-refractivity contribution in [2.75, 3.05) is 20.7 Å². The van der Waals surface area contributed by atoms with Gasteiger partial charge in [0.15, 0.2) is 0 Å². The number of rotatable bonds is 4. The zero-order valence-corrected chi connectivity index (χ0v) is 8.90. The van der Waals surface area contributed by atoms with Crippen LogP contribution in [0.4, 0.5) is 0 Å². The molecule has 0 saturated carbocycles. The Morgan fingerprint density at radius 2 is 2.21 bits per heavy atom. The molecule has 1 N–H and O–H groups in total. The van der Waals surface area contributed by atoms with Gasteiger partial charge in [-0.1, -0.05) is 0 Å². The first-order chi connectivity index (χ1) is 6.48. The second-order valence-electron chi connectivity index (χ2n) is 2.95. The highest BCUT2D eigenvalue weighted by Crippen LogP contribution is 2.10. The normalized spacial score (nSPS) is 12.3. The standard InChI is InChI=1S/C7H13N3O3S/c1-9(2)14(12,13)7-5-8-10(6-7)3-4-11/h5-6,11H,3-4H2,1-2H3. The highest BCUT2D eigenvalue weighted by Gasteiger charge is 2.18. The van der Waals surface area contributed by atoms with E-state index in [1.807, 2.05) is 0 Å². The Hall–Kier alpha value is -0.920. The van der Waals surface area contributed by atoms with Gasteiger partial charge in [0.25, 0.3) is 0 Å². The molecule has 1 aromatic rings. The molecule has 0 saturated heterocycles. The van der Waals surface area contributed by atoms with E-state index in [-0.39, 0.29) is 11.5 Å². The van der Waals surface area contributed by atoms with Gasteiger partial charge in [-0.3, -0.25) is 4.68 Å². The molecule has 0 bridgehead atoms. The molecule has 6 nitrogen and oxygen atoms in total. The fourth-order valence-electron chi connectivity index (χ4n) is 0.913. The Kier molecular flexibility index (Phi) is 3.25. The molecule has 0 atom stereocenters. The number of aliphatic hydroxyl groups is 1. The molecule has 0 unspecified atom stereocenters. The summed E-state index contributed by atoms with van der Waals surface area (Å²) in [7, 11) is -0.492. The van der Waals surface area contributed by atoms with Gasteiger partial charge in [-0.25, -0.2) is 12.7 Å². The van der Waals surface area contributed by atoms with E-state index in [1.54, 1.807) is 0 Å². The summed E-state index contributed by atoms with van der Waals surface area (Å²) in [5.74, 6) is 0. The molecular formula is C7H13N3O3S. The number of nitrogens with zero attached hydrogens (tertiary/aromatic N) is 3. The van der Waals surface area contributed by atoms with Crippen LogP contribution in [0.25, 0.3) is 0 Å². The highest BCUT2D eigenvalue weighted by atomic mass is 32.2. The second-order valence-corrected chi connectivity index (χ2v) is 5.10. The van der Waals surface area contributed by atoms with E-state index in [0.29, 0.717) is 6.54 Å². The van der Waals surface area contributed by atoms with E-state index in [9.17, 15) is 8.42 Å². The van der Waals surface area contributed by atoms with Gasteiger partial charge in [-0.2, -0.15) is 5.10 Å². The summed E-state index contributed by atoms with van der Waals surface area (Å²) >= 11 is 0. The van der Waals surface area contributed by atoms with Crippen molar-refractivity contribution in [3.8, 4) is 0 Å². The molecule has 0 aliphatic carbocycles. The van der Waals surface area contributed by atoms with Gasteiger partial charge in [-0.05, 0) is 0 Å². The minimum atomic E-state index is -3.41. The van der Waals surface area contributed by atoms with Crippen LogP contribution in [-0.4, -0.2) is 48.3 Å². The molecule has 0 fully saturated rings. The van der Waals surface area contributed by atoms with Crippen molar-refractivity contribution >= 4 is 10.0 Å². The SMILES string of the molecule is CN(C)S(=O)(=O)c1cnn(CCO)c1. The quantitative estimate of drug-likeness (QED) is 0.714. The highest BCUT2D eigenvalue weighted by molar-refractivity contribution is 7.89. The van der Waals surface area contributed by atoms with Gasteiger partial charge >= 0.3 is 0 Å². The predicted octanol–water partition coefficient (Wildman–Crippen LogP) is -0.874. The van der Waals surface area contributed by atoms with Gasteiger partial charge in [-0.15, -0.1) is 0 Å². The molecule has 0 radical (unpaired) electrons. The first-order valence-corrected chi connectivity index (χ1v) is 5.48. The lowest BCUT2D eigenvalue weighted by atomic mass is 10.7. The third kappa shape index (κ3) is 2.11. The van der Waals surface area contributed by atoms with Crippen molar-refractivity contribution in [3.05, 3.63) is 12.4 Å². The van der Waals surface area contributed by atoms with E-state index in [4.69, 9.17) is 5.11 Å². The van der Waals surface area contributed by atoms with Crippen LogP contribution in [0, 0.1) is 0 Å². The van der Waals surface area contributed by atoms with Crippen molar-refractivity contribution in [3.63, 3.8) is 0 Å². The summed E-state index contributed by atoms with van der Waals surface area (Å²) in [4.78, 5) is 0.135. The maximum Gasteiger partial charge on any atom is 0.245 e. The van der Waals surface area contributed by atoms with Crippen molar-refractivity contribution < 1.29 is 13.5 Å². The number of aliphatic hydroxyl groups excluding tert-OH is 1. The number of hydrogen-bond acceptors (Lipinski definition) is 4. The molecule has 0 aliphatic rings. The zero-order valence-electron chi connectivity index (χ0n) is 8.08. The predicted molar refractivity (Wildman–Crippen MR) is 50.2 cm³/mol. The van der Waals surface area contributed by atoms with Crippen LogP contribution >= 0.6 is 0 Å². The van der Waals surface area contributed by atoms with E-state index in [1.165, 1.54) is 31.2 Å². The molecular weight excluding hydrogens is 206 g/mol.